The summed E-state index contributed by atoms with van der Waals surface area (Å²) in [5.41, 5.74) is 7.49. The fourth-order valence-corrected chi connectivity index (χ4v) is 3.33. The third-order valence-corrected chi connectivity index (χ3v) is 4.82. The number of nitrogens with two attached hydrogens (primary N) is 1. The molecule has 1 atom stereocenters. The molecule has 2 heterocycles. The second kappa shape index (κ2) is 7.18. The molecule has 2 aliphatic rings. The Kier molecular flexibility index (Phi) is 4.96. The van der Waals surface area contributed by atoms with Gasteiger partial charge in [0.15, 0.2) is 0 Å². The van der Waals surface area contributed by atoms with Crippen LogP contribution in [0, 0.1) is 17.1 Å². The first-order chi connectivity index (χ1) is 12.4. The van der Waals surface area contributed by atoms with Gasteiger partial charge in [-0.25, -0.2) is 9.18 Å². The number of carbonyl (C=O) groups is 1. The number of benzene rings is 1. The van der Waals surface area contributed by atoms with Crippen molar-refractivity contribution in [1.82, 2.24) is 14.7 Å². The van der Waals surface area contributed by atoms with E-state index < -0.39 is 5.82 Å². The highest BCUT2D eigenvalue weighted by Gasteiger charge is 2.33. The first-order valence-corrected chi connectivity index (χ1v) is 8.55. The molecule has 136 valence electrons. The third kappa shape index (κ3) is 3.41. The SMILES string of the molecule is C=C1C=C(N2CCCC(N)C2)N(Cc2cc(F)ccc2C#N)C(=O)N1C. The van der Waals surface area contributed by atoms with Gasteiger partial charge in [-0.15, -0.1) is 0 Å². The Morgan fingerprint density at radius 1 is 1.46 bits per heavy atom. The van der Waals surface area contributed by atoms with E-state index in [1.54, 1.807) is 11.9 Å². The molecule has 3 rings (SSSR count). The molecule has 0 aromatic heterocycles. The number of halogens is 1. The first-order valence-electron chi connectivity index (χ1n) is 8.55. The number of hydrogen-bond acceptors (Lipinski definition) is 4. The van der Waals surface area contributed by atoms with Crippen LogP contribution in [0.1, 0.15) is 24.0 Å². The standard InChI is InChI=1S/C19H22FN5O/c1-13-8-18(24-7-3-4-17(22)12-24)25(19(26)23(13)2)11-15-9-16(20)6-5-14(15)10-21/h5-6,8-9,17H,1,3-4,7,11-12,22H2,2H3. The quantitative estimate of drug-likeness (QED) is 0.903. The van der Waals surface area contributed by atoms with Gasteiger partial charge in [0.2, 0.25) is 0 Å². The summed E-state index contributed by atoms with van der Waals surface area (Å²) in [4.78, 5) is 17.9. The van der Waals surface area contributed by atoms with Crippen molar-refractivity contribution in [3.63, 3.8) is 0 Å². The van der Waals surface area contributed by atoms with Gasteiger partial charge >= 0.3 is 6.03 Å². The molecule has 1 unspecified atom stereocenters. The van der Waals surface area contributed by atoms with Gasteiger partial charge in [0, 0.05) is 38.0 Å². The number of piperidine rings is 1. The molecule has 1 aromatic carbocycles. The van der Waals surface area contributed by atoms with E-state index in [1.807, 2.05) is 6.08 Å². The maximum atomic E-state index is 13.7. The van der Waals surface area contributed by atoms with Gasteiger partial charge in [0.1, 0.15) is 11.6 Å². The average molecular weight is 355 g/mol. The lowest BCUT2D eigenvalue weighted by atomic mass is 10.1. The number of rotatable bonds is 3. The van der Waals surface area contributed by atoms with Crippen molar-refractivity contribution in [2.24, 2.45) is 5.73 Å². The third-order valence-electron chi connectivity index (χ3n) is 4.82. The predicted molar refractivity (Wildman–Crippen MR) is 95.8 cm³/mol. The van der Waals surface area contributed by atoms with Crippen LogP contribution in [0.2, 0.25) is 0 Å². The molecule has 2 aliphatic heterocycles. The van der Waals surface area contributed by atoms with Crippen molar-refractivity contribution >= 4 is 6.03 Å². The van der Waals surface area contributed by atoms with E-state index in [0.717, 1.165) is 19.4 Å². The summed E-state index contributed by atoms with van der Waals surface area (Å²) in [5, 5.41) is 9.31. The number of likely N-dealkylation sites (N-methyl/N-ethyl adjacent to an activating group) is 1. The molecule has 0 saturated carbocycles. The van der Waals surface area contributed by atoms with Crippen LogP contribution >= 0.6 is 0 Å². The van der Waals surface area contributed by atoms with E-state index in [4.69, 9.17) is 5.73 Å². The van der Waals surface area contributed by atoms with Crippen molar-refractivity contribution in [2.75, 3.05) is 20.1 Å². The number of nitrogens with zero attached hydrogens (tertiary/aromatic N) is 4. The summed E-state index contributed by atoms with van der Waals surface area (Å²) < 4.78 is 13.7. The smallest absolute Gasteiger partial charge is 0.330 e. The molecule has 26 heavy (non-hydrogen) atoms. The van der Waals surface area contributed by atoms with Gasteiger partial charge in [0.05, 0.1) is 18.2 Å². The molecule has 0 aliphatic carbocycles. The van der Waals surface area contributed by atoms with Crippen LogP contribution in [0.4, 0.5) is 9.18 Å². The minimum atomic E-state index is -0.438. The Morgan fingerprint density at radius 2 is 2.23 bits per heavy atom. The summed E-state index contributed by atoms with van der Waals surface area (Å²) in [6.45, 7) is 5.46. The zero-order valence-corrected chi connectivity index (χ0v) is 14.8. The summed E-state index contributed by atoms with van der Waals surface area (Å²) in [6.07, 6.45) is 3.72. The number of likely N-dealkylation sites (tertiary alicyclic amines) is 1. The van der Waals surface area contributed by atoms with Gasteiger partial charge in [-0.1, -0.05) is 6.58 Å². The minimum absolute atomic E-state index is 0.0402. The number of amides is 2. The zero-order valence-electron chi connectivity index (χ0n) is 14.8. The topological polar surface area (TPSA) is 76.6 Å². The van der Waals surface area contributed by atoms with E-state index >= 15 is 0 Å². The van der Waals surface area contributed by atoms with E-state index in [0.29, 0.717) is 29.2 Å². The molecule has 7 heteroatoms. The van der Waals surface area contributed by atoms with Gasteiger partial charge < -0.3 is 10.6 Å². The van der Waals surface area contributed by atoms with Crippen LogP contribution in [0.5, 0.6) is 0 Å². The average Bonchev–Trinajstić information content (AvgIpc) is 2.62. The summed E-state index contributed by atoms with van der Waals surface area (Å²) in [7, 11) is 1.64. The Balaban J connectivity index is 1.97. The molecule has 0 spiro atoms. The fraction of sp³-hybridized carbons (Fsp3) is 0.368. The molecule has 6 nitrogen and oxygen atoms in total. The molecule has 1 saturated heterocycles. The Hall–Kier alpha value is -2.85. The largest absolute Gasteiger partial charge is 0.356 e. The van der Waals surface area contributed by atoms with Crippen LogP contribution in [-0.2, 0) is 6.54 Å². The summed E-state index contributed by atoms with van der Waals surface area (Å²) in [5.74, 6) is 0.258. The summed E-state index contributed by atoms with van der Waals surface area (Å²) in [6, 6.07) is 5.81. The van der Waals surface area contributed by atoms with Crippen LogP contribution in [0.3, 0.4) is 0 Å². The maximum absolute atomic E-state index is 13.7. The number of hydrogen-bond donors (Lipinski definition) is 1. The number of urea groups is 1. The fourth-order valence-electron chi connectivity index (χ4n) is 3.33. The van der Waals surface area contributed by atoms with Crippen molar-refractivity contribution in [3.8, 4) is 6.07 Å². The highest BCUT2D eigenvalue weighted by molar-refractivity contribution is 5.80. The Morgan fingerprint density at radius 3 is 2.92 bits per heavy atom. The molecule has 2 amide bonds. The van der Waals surface area contributed by atoms with Crippen molar-refractivity contribution in [1.29, 1.82) is 5.26 Å². The molecule has 0 radical (unpaired) electrons. The summed E-state index contributed by atoms with van der Waals surface area (Å²) >= 11 is 0. The highest BCUT2D eigenvalue weighted by atomic mass is 19.1. The maximum Gasteiger partial charge on any atom is 0.330 e. The van der Waals surface area contributed by atoms with Crippen molar-refractivity contribution in [3.05, 3.63) is 59.3 Å². The van der Waals surface area contributed by atoms with Gasteiger partial charge in [0.25, 0.3) is 0 Å². The van der Waals surface area contributed by atoms with Crippen LogP contribution in [0.15, 0.2) is 42.4 Å². The van der Waals surface area contributed by atoms with Crippen molar-refractivity contribution in [2.45, 2.75) is 25.4 Å². The van der Waals surface area contributed by atoms with E-state index in [1.165, 1.54) is 23.1 Å². The number of nitriles is 1. The van der Waals surface area contributed by atoms with Crippen LogP contribution in [-0.4, -0.2) is 46.9 Å². The van der Waals surface area contributed by atoms with Crippen molar-refractivity contribution < 1.29 is 9.18 Å². The Labute approximate surface area is 152 Å². The molecule has 1 aromatic rings. The highest BCUT2D eigenvalue weighted by Crippen LogP contribution is 2.28. The second-order valence-electron chi connectivity index (χ2n) is 6.68. The molecule has 1 fully saturated rings. The van der Waals surface area contributed by atoms with Gasteiger partial charge in [-0.05, 0) is 36.6 Å². The van der Waals surface area contributed by atoms with E-state index in [2.05, 4.69) is 17.5 Å². The normalized spacial score (nSPS) is 20.9. The van der Waals surface area contributed by atoms with Gasteiger partial charge in [-0.3, -0.25) is 9.80 Å². The second-order valence-corrected chi connectivity index (χ2v) is 6.68. The number of allylic oxidation sites excluding steroid dienone is 1. The minimum Gasteiger partial charge on any atom is -0.356 e. The Bertz CT molecular complexity index is 813. The molecular weight excluding hydrogens is 333 g/mol. The van der Waals surface area contributed by atoms with Gasteiger partial charge in [-0.2, -0.15) is 5.26 Å². The monoisotopic (exact) mass is 355 g/mol. The lowest BCUT2D eigenvalue weighted by Crippen LogP contribution is -2.51. The molecule has 2 N–H and O–H groups in total. The number of carbonyl (C=O) groups excluding carboxylic acids is 1. The van der Waals surface area contributed by atoms with E-state index in [9.17, 15) is 14.4 Å². The molecular formula is C19H22FN5O. The first kappa shape index (κ1) is 18.0. The lowest BCUT2D eigenvalue weighted by molar-refractivity contribution is 0.140. The van der Waals surface area contributed by atoms with Crippen LogP contribution in [0.25, 0.3) is 0 Å². The van der Waals surface area contributed by atoms with E-state index in [-0.39, 0.29) is 18.6 Å². The lowest BCUT2D eigenvalue weighted by Gasteiger charge is -2.43. The predicted octanol–water partition coefficient (Wildman–Crippen LogP) is 2.34. The zero-order chi connectivity index (χ0) is 18.8. The molecule has 0 bridgehead atoms. The van der Waals surface area contributed by atoms with Crippen LogP contribution < -0.4 is 5.73 Å².